The number of benzene rings is 1. The van der Waals surface area contributed by atoms with E-state index in [1.807, 2.05) is 0 Å². The van der Waals surface area contributed by atoms with Crippen molar-refractivity contribution in [1.82, 2.24) is 10.0 Å². The lowest BCUT2D eigenvalue weighted by Gasteiger charge is -2.15. The Labute approximate surface area is 145 Å². The second-order valence-corrected chi connectivity index (χ2v) is 14.4. The van der Waals surface area contributed by atoms with Crippen LogP contribution in [0, 0.1) is 0 Å². The molecule has 0 spiro atoms. The minimum atomic E-state index is -3.34. The molecule has 0 radical (unpaired) electrons. The van der Waals surface area contributed by atoms with Gasteiger partial charge in [-0.15, -0.1) is 0 Å². The molecule has 0 heterocycles. The van der Waals surface area contributed by atoms with Crippen molar-refractivity contribution >= 4 is 29.8 Å². The molecule has 8 heteroatoms. The fourth-order valence-corrected chi connectivity index (χ4v) is 5.90. The average molecular weight is 371 g/mol. The highest BCUT2D eigenvalue weighted by Crippen LogP contribution is 2.09. The van der Waals surface area contributed by atoms with E-state index in [4.69, 9.17) is 0 Å². The summed E-state index contributed by atoms with van der Waals surface area (Å²) >= 11 is 0. The van der Waals surface area contributed by atoms with Gasteiger partial charge in [-0.25, -0.2) is 13.1 Å². The van der Waals surface area contributed by atoms with Crippen molar-refractivity contribution in [2.45, 2.75) is 32.1 Å². The SMILES string of the molecule is C[Si](C)(C)CCS(=O)(=O)NCCC(=O)CNC(=O)c1ccccc1. The van der Waals surface area contributed by atoms with E-state index in [9.17, 15) is 18.0 Å². The predicted molar refractivity (Wildman–Crippen MR) is 98.3 cm³/mol. The minimum absolute atomic E-state index is 0.0568. The lowest BCUT2D eigenvalue weighted by molar-refractivity contribution is -0.118. The van der Waals surface area contributed by atoms with Crippen LogP contribution in [-0.2, 0) is 14.8 Å². The molecule has 2 N–H and O–H groups in total. The monoisotopic (exact) mass is 370 g/mol. The number of carbonyl (C=O) groups excluding carboxylic acids is 2. The Morgan fingerprint density at radius 3 is 2.29 bits per heavy atom. The van der Waals surface area contributed by atoms with Crippen molar-refractivity contribution < 1.29 is 18.0 Å². The molecule has 0 atom stereocenters. The number of nitrogens with one attached hydrogen (secondary N) is 2. The van der Waals surface area contributed by atoms with Crippen LogP contribution in [0.15, 0.2) is 30.3 Å². The zero-order valence-electron chi connectivity index (χ0n) is 14.5. The molecular weight excluding hydrogens is 344 g/mol. The number of hydrogen-bond donors (Lipinski definition) is 2. The fraction of sp³-hybridized carbons (Fsp3) is 0.500. The molecular formula is C16H26N2O4SSi. The maximum atomic E-state index is 11.8. The van der Waals surface area contributed by atoms with Gasteiger partial charge in [-0.2, -0.15) is 0 Å². The van der Waals surface area contributed by atoms with Crippen molar-refractivity contribution in [2.75, 3.05) is 18.8 Å². The molecule has 6 nitrogen and oxygen atoms in total. The van der Waals surface area contributed by atoms with Gasteiger partial charge in [0.1, 0.15) is 0 Å². The first-order valence-corrected chi connectivity index (χ1v) is 13.3. The largest absolute Gasteiger partial charge is 0.345 e. The van der Waals surface area contributed by atoms with E-state index < -0.39 is 18.1 Å². The van der Waals surface area contributed by atoms with Crippen LogP contribution in [0.2, 0.25) is 25.7 Å². The third-order valence-electron chi connectivity index (χ3n) is 3.33. The Hall–Kier alpha value is -1.51. The highest BCUT2D eigenvalue weighted by molar-refractivity contribution is 7.89. The average Bonchev–Trinajstić information content (AvgIpc) is 2.51. The van der Waals surface area contributed by atoms with Crippen LogP contribution in [0.4, 0.5) is 0 Å². The molecule has 1 aromatic carbocycles. The molecule has 0 aromatic heterocycles. The number of amides is 1. The number of Topliss-reactive ketones (excluding diaryl/α,β-unsaturated/α-hetero) is 1. The molecule has 0 aliphatic rings. The van der Waals surface area contributed by atoms with Gasteiger partial charge in [0, 0.05) is 26.6 Å². The summed E-state index contributed by atoms with van der Waals surface area (Å²) in [6, 6.07) is 9.29. The first-order chi connectivity index (χ1) is 11.1. The summed E-state index contributed by atoms with van der Waals surface area (Å²) in [7, 11) is -4.76. The standard InChI is InChI=1S/C16H26N2O4SSi/c1-24(2,3)12-11-23(21,22)18-10-9-15(19)13-17-16(20)14-7-5-4-6-8-14/h4-8,18H,9-13H2,1-3H3,(H,17,20). The van der Waals surface area contributed by atoms with E-state index in [-0.39, 0.29) is 37.0 Å². The summed E-state index contributed by atoms with van der Waals surface area (Å²) in [5.74, 6) is -0.436. The van der Waals surface area contributed by atoms with Gasteiger partial charge in [-0.3, -0.25) is 9.59 Å². The smallest absolute Gasteiger partial charge is 0.251 e. The van der Waals surface area contributed by atoms with Crippen LogP contribution in [0.3, 0.4) is 0 Å². The topological polar surface area (TPSA) is 92.3 Å². The molecule has 0 saturated carbocycles. The Kier molecular flexibility index (Phi) is 7.78. The summed E-state index contributed by atoms with van der Waals surface area (Å²) in [4.78, 5) is 23.5. The van der Waals surface area contributed by atoms with Crippen molar-refractivity contribution in [1.29, 1.82) is 0 Å². The van der Waals surface area contributed by atoms with Gasteiger partial charge in [0.15, 0.2) is 5.78 Å². The van der Waals surface area contributed by atoms with Crippen LogP contribution in [-0.4, -0.2) is 47.0 Å². The summed E-state index contributed by atoms with van der Waals surface area (Å²) < 4.78 is 26.1. The van der Waals surface area contributed by atoms with Gasteiger partial charge in [0.25, 0.3) is 5.91 Å². The third-order valence-corrected chi connectivity index (χ3v) is 6.83. The molecule has 0 unspecified atom stereocenters. The van der Waals surface area contributed by atoms with Crippen molar-refractivity contribution in [3.05, 3.63) is 35.9 Å². The zero-order valence-corrected chi connectivity index (χ0v) is 16.3. The molecule has 1 amide bonds. The molecule has 0 aliphatic carbocycles. The number of hydrogen-bond acceptors (Lipinski definition) is 4. The van der Waals surface area contributed by atoms with Gasteiger partial charge < -0.3 is 5.32 Å². The number of rotatable bonds is 10. The minimum Gasteiger partial charge on any atom is -0.345 e. The quantitative estimate of drug-likeness (QED) is 0.612. The van der Waals surface area contributed by atoms with E-state index in [0.717, 1.165) is 0 Å². The molecule has 24 heavy (non-hydrogen) atoms. The Morgan fingerprint density at radius 2 is 1.71 bits per heavy atom. The highest BCUT2D eigenvalue weighted by atomic mass is 32.2. The second-order valence-electron chi connectivity index (χ2n) is 6.86. The van der Waals surface area contributed by atoms with Crippen molar-refractivity contribution in [2.24, 2.45) is 0 Å². The number of ketones is 1. The van der Waals surface area contributed by atoms with E-state index in [1.165, 1.54) is 0 Å². The van der Waals surface area contributed by atoms with Gasteiger partial charge in [-0.1, -0.05) is 37.8 Å². The van der Waals surface area contributed by atoms with Crippen LogP contribution >= 0.6 is 0 Å². The van der Waals surface area contributed by atoms with E-state index in [2.05, 4.69) is 29.7 Å². The summed E-state index contributed by atoms with van der Waals surface area (Å²) in [6.07, 6.45) is 0.0568. The highest BCUT2D eigenvalue weighted by Gasteiger charge is 2.18. The first-order valence-electron chi connectivity index (χ1n) is 7.91. The second kappa shape index (κ2) is 9.10. The molecule has 0 saturated heterocycles. The summed E-state index contributed by atoms with van der Waals surface area (Å²) in [5.41, 5.74) is 0.484. The van der Waals surface area contributed by atoms with Gasteiger partial charge >= 0.3 is 0 Å². The van der Waals surface area contributed by atoms with Crippen LogP contribution in [0.1, 0.15) is 16.8 Å². The summed E-state index contributed by atoms with van der Waals surface area (Å²) in [6.45, 7) is 6.29. The van der Waals surface area contributed by atoms with Gasteiger partial charge in [-0.05, 0) is 18.2 Å². The van der Waals surface area contributed by atoms with Crippen molar-refractivity contribution in [3.8, 4) is 0 Å². The van der Waals surface area contributed by atoms with Crippen LogP contribution in [0.25, 0.3) is 0 Å². The summed E-state index contributed by atoms with van der Waals surface area (Å²) in [5, 5.41) is 2.53. The zero-order chi connectivity index (χ0) is 18.2. The maximum absolute atomic E-state index is 11.8. The maximum Gasteiger partial charge on any atom is 0.251 e. The normalized spacial score (nSPS) is 12.0. The van der Waals surface area contributed by atoms with Gasteiger partial charge in [0.05, 0.1) is 12.3 Å². The van der Waals surface area contributed by atoms with E-state index >= 15 is 0 Å². The predicted octanol–water partition coefficient (Wildman–Crippen LogP) is 1.63. The lowest BCUT2D eigenvalue weighted by Crippen LogP contribution is -2.34. The Morgan fingerprint density at radius 1 is 1.08 bits per heavy atom. The number of sulfonamides is 1. The molecule has 0 aliphatic heterocycles. The number of carbonyl (C=O) groups is 2. The third kappa shape index (κ3) is 8.95. The lowest BCUT2D eigenvalue weighted by atomic mass is 10.2. The molecule has 0 fully saturated rings. The molecule has 134 valence electrons. The Bertz CT molecular complexity index is 654. The van der Waals surface area contributed by atoms with E-state index in [0.29, 0.717) is 11.6 Å². The van der Waals surface area contributed by atoms with Gasteiger partial charge in [0.2, 0.25) is 10.0 Å². The van der Waals surface area contributed by atoms with Crippen LogP contribution in [0.5, 0.6) is 0 Å². The first kappa shape index (κ1) is 20.5. The van der Waals surface area contributed by atoms with E-state index in [1.54, 1.807) is 30.3 Å². The van der Waals surface area contributed by atoms with Crippen LogP contribution < -0.4 is 10.0 Å². The Balaban J connectivity index is 2.28. The van der Waals surface area contributed by atoms with Crippen molar-refractivity contribution in [3.63, 3.8) is 0 Å². The molecule has 1 aromatic rings. The fourth-order valence-electron chi connectivity index (χ4n) is 1.82. The molecule has 1 rings (SSSR count). The molecule has 0 bridgehead atoms.